The van der Waals surface area contributed by atoms with E-state index in [1.54, 1.807) is 11.0 Å². The second-order valence-electron chi connectivity index (χ2n) is 13.5. The van der Waals surface area contributed by atoms with E-state index in [2.05, 4.69) is 10.4 Å². The molecule has 10 nitrogen and oxygen atoms in total. The number of halogens is 2. The Morgan fingerprint density at radius 2 is 1.58 bits per heavy atom. The molecule has 0 unspecified atom stereocenters. The summed E-state index contributed by atoms with van der Waals surface area (Å²) in [7, 11) is 1.92. The van der Waals surface area contributed by atoms with Crippen molar-refractivity contribution in [3.05, 3.63) is 77.2 Å². The van der Waals surface area contributed by atoms with Crippen molar-refractivity contribution in [2.75, 3.05) is 32.8 Å². The molecule has 7 rings (SSSR count). The summed E-state index contributed by atoms with van der Waals surface area (Å²) in [4.78, 5) is 27.0. The first-order chi connectivity index (χ1) is 22.8. The largest absolute Gasteiger partial charge is 0.501 e. The highest BCUT2D eigenvalue weighted by Crippen LogP contribution is 2.49. The number of Topliss-reactive ketones (excluding diaryl/α,β-unsaturated/α-hetero) is 1. The van der Waals surface area contributed by atoms with Gasteiger partial charge in [-0.3, -0.25) is 9.48 Å². The summed E-state index contributed by atoms with van der Waals surface area (Å²) in [6, 6.07) is 8.62. The van der Waals surface area contributed by atoms with Crippen LogP contribution < -0.4 is 14.8 Å². The number of ether oxygens (including phenoxy) is 4. The highest BCUT2D eigenvalue weighted by Gasteiger charge is 2.49. The van der Waals surface area contributed by atoms with Crippen LogP contribution in [0, 0.1) is 11.6 Å². The molecule has 2 saturated heterocycles. The number of hydrogen-bond acceptors (Lipinski definition) is 8. The molecular weight excluding hydrogens is 622 g/mol. The number of likely N-dealkylation sites (tertiary alicyclic amines) is 1. The summed E-state index contributed by atoms with van der Waals surface area (Å²) < 4.78 is 52.3. The molecule has 2 spiro atoms. The molecule has 1 N–H and O–H groups in total. The molecule has 3 aromatic rings. The van der Waals surface area contributed by atoms with Gasteiger partial charge in [0.05, 0.1) is 35.9 Å². The van der Waals surface area contributed by atoms with E-state index in [4.69, 9.17) is 18.9 Å². The van der Waals surface area contributed by atoms with Crippen LogP contribution in [0.4, 0.5) is 13.6 Å². The number of aromatic nitrogens is 2. The van der Waals surface area contributed by atoms with Crippen LogP contribution in [-0.2, 0) is 22.1 Å². The van der Waals surface area contributed by atoms with Crippen molar-refractivity contribution in [2.45, 2.75) is 70.2 Å². The van der Waals surface area contributed by atoms with Crippen LogP contribution in [0.15, 0.2) is 54.4 Å². The van der Waals surface area contributed by atoms with E-state index in [9.17, 15) is 18.4 Å². The second kappa shape index (κ2) is 12.9. The maximum Gasteiger partial charge on any atom is 0.410 e. The van der Waals surface area contributed by atoms with E-state index in [1.165, 1.54) is 36.6 Å². The van der Waals surface area contributed by atoms with Crippen molar-refractivity contribution < 1.29 is 37.3 Å². The smallest absolute Gasteiger partial charge is 0.410 e. The third kappa shape index (κ3) is 6.37. The Kier molecular flexibility index (Phi) is 8.97. The summed E-state index contributed by atoms with van der Waals surface area (Å²) in [5.74, 6) is -0.114. The molecule has 0 bridgehead atoms. The summed E-state index contributed by atoms with van der Waals surface area (Å²) in [6.45, 7) is 10.2. The Labute approximate surface area is 279 Å². The van der Waals surface area contributed by atoms with Crippen molar-refractivity contribution in [2.24, 2.45) is 7.05 Å². The van der Waals surface area contributed by atoms with Crippen LogP contribution in [0.5, 0.6) is 11.5 Å². The predicted octanol–water partition coefficient (Wildman–Crippen LogP) is 6.29. The standard InChI is InChI=1S/C21H26FNO5.C15H16FN3O/c1-5-26-13-16-18(24)15-7-6-14(22)12-17(15)27-21(16)8-10-23(11-9-21)19(25)28-20(2,3)4;1-19-14-11-3-2-10(16)8-13(11)20-15(12(14)9-18-19)4-6-17-7-5-15/h6-7,12-13H,5,8-11H2,1-4H3;2-3,8-9,17H,4-7H2,1H3/b16-13+;. The Hall–Kier alpha value is -4.45. The highest BCUT2D eigenvalue weighted by atomic mass is 19.1. The third-order valence-corrected chi connectivity index (χ3v) is 9.16. The van der Waals surface area contributed by atoms with Crippen molar-refractivity contribution in [1.82, 2.24) is 20.0 Å². The number of fused-ring (bicyclic) bond motifs is 5. The lowest BCUT2D eigenvalue weighted by Crippen LogP contribution is -2.54. The van der Waals surface area contributed by atoms with Gasteiger partial charge in [-0.1, -0.05) is 0 Å². The third-order valence-electron chi connectivity index (χ3n) is 9.16. The van der Waals surface area contributed by atoms with E-state index in [0.717, 1.165) is 42.8 Å². The number of nitrogens with zero attached hydrogens (tertiary/aromatic N) is 3. The average Bonchev–Trinajstić information content (AvgIpc) is 3.43. The highest BCUT2D eigenvalue weighted by molar-refractivity contribution is 6.12. The lowest BCUT2D eigenvalue weighted by Gasteiger charge is -2.45. The first-order valence-electron chi connectivity index (χ1n) is 16.4. The number of carbonyl (C=O) groups is 2. The van der Waals surface area contributed by atoms with Gasteiger partial charge >= 0.3 is 6.09 Å². The first-order valence-corrected chi connectivity index (χ1v) is 16.4. The molecule has 0 saturated carbocycles. The van der Waals surface area contributed by atoms with Gasteiger partial charge in [0, 0.05) is 69.1 Å². The van der Waals surface area contributed by atoms with E-state index in [1.807, 2.05) is 45.6 Å². The second-order valence-corrected chi connectivity index (χ2v) is 13.5. The van der Waals surface area contributed by atoms with Gasteiger partial charge in [0.25, 0.3) is 0 Å². The molecule has 48 heavy (non-hydrogen) atoms. The maximum atomic E-state index is 13.7. The van der Waals surface area contributed by atoms with Gasteiger partial charge in [0.15, 0.2) is 5.78 Å². The van der Waals surface area contributed by atoms with Gasteiger partial charge in [-0.05, 0) is 65.0 Å². The topological polar surface area (TPSA) is 104 Å². The average molecular weight is 665 g/mol. The molecule has 12 heteroatoms. The van der Waals surface area contributed by atoms with Crippen LogP contribution in [0.1, 0.15) is 69.3 Å². The molecule has 0 atom stereocenters. The van der Waals surface area contributed by atoms with Crippen molar-refractivity contribution in [3.8, 4) is 22.8 Å². The minimum atomic E-state index is -0.953. The van der Waals surface area contributed by atoms with Gasteiger partial charge in [0.2, 0.25) is 0 Å². The van der Waals surface area contributed by atoms with Crippen molar-refractivity contribution in [3.63, 3.8) is 0 Å². The Morgan fingerprint density at radius 1 is 0.979 bits per heavy atom. The molecule has 0 aliphatic carbocycles. The number of rotatable bonds is 2. The first kappa shape index (κ1) is 33.5. The Balaban J connectivity index is 0.000000176. The van der Waals surface area contributed by atoms with Gasteiger partial charge in [-0.2, -0.15) is 5.10 Å². The molecule has 0 radical (unpaired) electrons. The number of aryl methyl sites for hydroxylation is 1. The van der Waals surface area contributed by atoms with E-state index >= 15 is 0 Å². The number of carbonyl (C=O) groups excluding carboxylic acids is 2. The number of amides is 1. The lowest BCUT2D eigenvalue weighted by molar-refractivity contribution is -0.00682. The van der Waals surface area contributed by atoms with Gasteiger partial charge < -0.3 is 29.2 Å². The monoisotopic (exact) mass is 664 g/mol. The van der Waals surface area contributed by atoms with E-state index in [-0.39, 0.29) is 23.0 Å². The molecule has 1 aromatic heterocycles. The van der Waals surface area contributed by atoms with Crippen molar-refractivity contribution in [1.29, 1.82) is 0 Å². The molecule has 4 aliphatic heterocycles. The summed E-state index contributed by atoms with van der Waals surface area (Å²) >= 11 is 0. The number of nitrogens with one attached hydrogen (secondary N) is 1. The minimum Gasteiger partial charge on any atom is -0.501 e. The van der Waals surface area contributed by atoms with Gasteiger partial charge in [-0.15, -0.1) is 0 Å². The van der Waals surface area contributed by atoms with Gasteiger partial charge in [0.1, 0.15) is 39.9 Å². The summed E-state index contributed by atoms with van der Waals surface area (Å²) in [6.07, 6.45) is 5.46. The minimum absolute atomic E-state index is 0.226. The molecule has 256 valence electrons. The molecular formula is C36H42F2N4O6. The Bertz CT molecular complexity index is 1730. The fourth-order valence-corrected chi connectivity index (χ4v) is 6.80. The number of ketones is 1. The molecule has 2 fully saturated rings. The lowest BCUT2D eigenvalue weighted by atomic mass is 9.78. The molecule has 4 aliphatic rings. The summed E-state index contributed by atoms with van der Waals surface area (Å²) in [5, 5.41) is 7.74. The quantitative estimate of drug-likeness (QED) is 0.252. The van der Waals surface area contributed by atoms with Crippen LogP contribution in [0.3, 0.4) is 0 Å². The van der Waals surface area contributed by atoms with E-state index in [0.29, 0.717) is 49.4 Å². The summed E-state index contributed by atoms with van der Waals surface area (Å²) in [5.41, 5.74) is 1.91. The van der Waals surface area contributed by atoms with Crippen molar-refractivity contribution >= 4 is 11.9 Å². The molecule has 5 heterocycles. The van der Waals surface area contributed by atoms with Crippen LogP contribution in [0.25, 0.3) is 11.3 Å². The number of piperidine rings is 2. The maximum absolute atomic E-state index is 13.7. The van der Waals surface area contributed by atoms with Crippen LogP contribution in [0.2, 0.25) is 0 Å². The Morgan fingerprint density at radius 3 is 2.21 bits per heavy atom. The molecule has 2 aromatic carbocycles. The predicted molar refractivity (Wildman–Crippen MR) is 174 cm³/mol. The normalized spacial score (nSPS) is 19.7. The van der Waals surface area contributed by atoms with Gasteiger partial charge in [-0.25, -0.2) is 13.6 Å². The van der Waals surface area contributed by atoms with E-state index < -0.39 is 23.1 Å². The fraction of sp³-hybridized carbons (Fsp3) is 0.472. The zero-order valence-electron chi connectivity index (χ0n) is 28.0. The zero-order chi connectivity index (χ0) is 34.3. The van der Waals surface area contributed by atoms with Crippen LogP contribution in [-0.4, -0.2) is 70.5 Å². The number of hydrogen-bond donors (Lipinski definition) is 1. The molecule has 1 amide bonds. The van der Waals surface area contributed by atoms with Crippen LogP contribution >= 0.6 is 0 Å². The fourth-order valence-electron chi connectivity index (χ4n) is 6.80. The zero-order valence-corrected chi connectivity index (χ0v) is 28.0. The number of benzene rings is 2. The SMILES string of the molecule is CCO/C=C1\C(=O)c2ccc(F)cc2OC12CCN(C(=O)OC(C)(C)C)CC2.Cn1ncc2c1-c1ccc(F)cc1OC21CCNCC1.